The number of benzene rings is 1. The number of phenolic OH excluding ortho intramolecular Hbond substituents is 1. The Labute approximate surface area is 196 Å². The van der Waals surface area contributed by atoms with Gasteiger partial charge in [0.05, 0.1) is 11.6 Å². The van der Waals surface area contributed by atoms with E-state index in [1.165, 1.54) is 4.90 Å². The number of nitrogens with zero attached hydrogens (tertiary/aromatic N) is 2. The molecule has 3 aliphatic rings. The molecule has 34 heavy (non-hydrogen) atoms. The Morgan fingerprint density at radius 2 is 1.79 bits per heavy atom. The molecule has 0 unspecified atom stereocenters. The molecule has 0 aromatic heterocycles. The Bertz CT molecular complexity index is 1180. The highest BCUT2D eigenvalue weighted by Crippen LogP contribution is 2.52. The Morgan fingerprint density at radius 3 is 2.35 bits per heavy atom. The van der Waals surface area contributed by atoms with E-state index in [0.29, 0.717) is 17.7 Å². The monoisotopic (exact) mass is 471 g/mol. The van der Waals surface area contributed by atoms with Gasteiger partial charge in [0.1, 0.15) is 22.8 Å². The minimum Gasteiger partial charge on any atom is -0.510 e. The molecule has 0 fully saturated rings. The lowest BCUT2D eigenvalue weighted by Crippen LogP contribution is -2.63. The van der Waals surface area contributed by atoms with Gasteiger partial charge in [-0.05, 0) is 52.5 Å². The van der Waals surface area contributed by atoms with Gasteiger partial charge >= 0.3 is 0 Å². The van der Waals surface area contributed by atoms with E-state index in [9.17, 15) is 34.8 Å². The normalized spacial score (nSPS) is 28.9. The SMILES string of the molecule is CN(C)Cc1ccc2c(c1O)C(=O)C1=C(O)[C@]3(O)C(=O)C(C(N)=O)=C(O)[C@@H](N(C)C)[C@@H]3C[C@@H]1C2. The molecule has 182 valence electrons. The van der Waals surface area contributed by atoms with Crippen LogP contribution in [-0.2, 0) is 22.6 Å². The van der Waals surface area contributed by atoms with Gasteiger partial charge in [-0.3, -0.25) is 19.3 Å². The number of carbonyl (C=O) groups is 3. The summed E-state index contributed by atoms with van der Waals surface area (Å²) in [6, 6.07) is 2.51. The molecular formula is C24H29N3O7. The van der Waals surface area contributed by atoms with Crippen LogP contribution < -0.4 is 5.73 Å². The molecule has 10 nitrogen and oxygen atoms in total. The number of hydrogen-bond donors (Lipinski definition) is 5. The molecule has 6 N–H and O–H groups in total. The standard InChI is InChI=1S/C24H29N3O7/c1-26(2)9-11-6-5-10-7-12-8-13-17(27(3)4)20(30)16(23(25)33)22(32)24(13,34)21(31)15(12)19(29)14(10)18(11)28/h5-6,12-13,17,28,30-31,34H,7-9H2,1-4H3,(H2,25,33)/t12-,13-,17-,24-/m0/s1. The molecular weight excluding hydrogens is 442 g/mol. The molecule has 0 saturated carbocycles. The predicted octanol–water partition coefficient (Wildman–Crippen LogP) is 0.182. The third-order valence-electron chi connectivity index (χ3n) is 7.17. The fraction of sp³-hybridized carbons (Fsp3) is 0.458. The second kappa shape index (κ2) is 7.93. The summed E-state index contributed by atoms with van der Waals surface area (Å²) in [6.07, 6.45) is 0.357. The highest BCUT2D eigenvalue weighted by Gasteiger charge is 2.63. The van der Waals surface area contributed by atoms with Gasteiger partial charge in [0.25, 0.3) is 5.91 Å². The van der Waals surface area contributed by atoms with E-state index in [0.717, 1.165) is 0 Å². The van der Waals surface area contributed by atoms with Gasteiger partial charge in [-0.15, -0.1) is 0 Å². The van der Waals surface area contributed by atoms with E-state index < -0.39 is 58.0 Å². The highest BCUT2D eigenvalue weighted by molar-refractivity contribution is 6.24. The maximum absolute atomic E-state index is 13.6. The fourth-order valence-electron chi connectivity index (χ4n) is 5.74. The third kappa shape index (κ3) is 3.17. The van der Waals surface area contributed by atoms with Crippen LogP contribution in [0.2, 0.25) is 0 Å². The van der Waals surface area contributed by atoms with Crippen LogP contribution in [0.25, 0.3) is 0 Å². The smallest absolute Gasteiger partial charge is 0.255 e. The molecule has 0 heterocycles. The third-order valence-corrected chi connectivity index (χ3v) is 7.17. The first kappa shape index (κ1) is 23.9. The summed E-state index contributed by atoms with van der Waals surface area (Å²) < 4.78 is 0. The zero-order valence-electron chi connectivity index (χ0n) is 19.5. The number of fused-ring (bicyclic) bond motifs is 3. The lowest BCUT2D eigenvalue weighted by atomic mass is 9.58. The molecule has 0 radical (unpaired) electrons. The Hall–Kier alpha value is -3.21. The number of aliphatic hydroxyl groups is 3. The molecule has 0 spiro atoms. The first-order valence-electron chi connectivity index (χ1n) is 11.0. The van der Waals surface area contributed by atoms with Crippen LogP contribution in [0, 0.1) is 11.8 Å². The molecule has 4 atom stereocenters. The first-order chi connectivity index (χ1) is 15.8. The number of aromatic hydroxyl groups is 1. The number of carbonyl (C=O) groups excluding carboxylic acids is 3. The van der Waals surface area contributed by atoms with Crippen LogP contribution in [0.1, 0.15) is 27.9 Å². The van der Waals surface area contributed by atoms with E-state index in [-0.39, 0.29) is 29.7 Å². The highest BCUT2D eigenvalue weighted by atomic mass is 16.3. The van der Waals surface area contributed by atoms with Crippen LogP contribution in [0.3, 0.4) is 0 Å². The molecule has 10 heteroatoms. The average molecular weight is 472 g/mol. The van der Waals surface area contributed by atoms with Crippen LogP contribution in [0.15, 0.2) is 34.8 Å². The van der Waals surface area contributed by atoms with Crippen molar-refractivity contribution < 1.29 is 34.8 Å². The summed E-state index contributed by atoms with van der Waals surface area (Å²) >= 11 is 0. The molecule has 0 bridgehead atoms. The molecule has 1 amide bonds. The van der Waals surface area contributed by atoms with Gasteiger partial charge in [-0.2, -0.15) is 0 Å². The van der Waals surface area contributed by atoms with E-state index in [1.807, 2.05) is 19.0 Å². The summed E-state index contributed by atoms with van der Waals surface area (Å²) in [6.45, 7) is 0.377. The van der Waals surface area contributed by atoms with Crippen LogP contribution in [0.4, 0.5) is 0 Å². The summed E-state index contributed by atoms with van der Waals surface area (Å²) in [5.74, 6) is -6.40. The van der Waals surface area contributed by atoms with Crippen molar-refractivity contribution in [1.29, 1.82) is 0 Å². The number of hydrogen-bond acceptors (Lipinski definition) is 9. The number of likely N-dealkylation sites (N-methyl/N-ethyl adjacent to an activating group) is 1. The molecule has 4 rings (SSSR count). The number of amides is 1. The quantitative estimate of drug-likeness (QED) is 0.385. The molecule has 0 saturated heterocycles. The number of aliphatic hydroxyl groups excluding tert-OH is 2. The maximum Gasteiger partial charge on any atom is 0.255 e. The van der Waals surface area contributed by atoms with Crippen LogP contribution in [-0.4, -0.2) is 87.5 Å². The van der Waals surface area contributed by atoms with Crippen molar-refractivity contribution in [2.24, 2.45) is 17.6 Å². The minimum absolute atomic E-state index is 0.0279. The second-order valence-corrected chi connectivity index (χ2v) is 9.81. The topological polar surface area (TPSA) is 165 Å². The second-order valence-electron chi connectivity index (χ2n) is 9.81. The van der Waals surface area contributed by atoms with Crippen molar-refractivity contribution >= 4 is 17.5 Å². The average Bonchev–Trinajstić information content (AvgIpc) is 2.72. The summed E-state index contributed by atoms with van der Waals surface area (Å²) in [4.78, 5) is 42.1. The van der Waals surface area contributed by atoms with Crippen molar-refractivity contribution in [3.05, 3.63) is 51.5 Å². The van der Waals surface area contributed by atoms with Gasteiger partial charge < -0.3 is 31.1 Å². The Morgan fingerprint density at radius 1 is 1.15 bits per heavy atom. The van der Waals surface area contributed by atoms with E-state index in [4.69, 9.17) is 5.73 Å². The van der Waals surface area contributed by atoms with Gasteiger partial charge in [0, 0.05) is 23.6 Å². The zero-order chi connectivity index (χ0) is 25.3. The van der Waals surface area contributed by atoms with Gasteiger partial charge in [-0.25, -0.2) is 0 Å². The van der Waals surface area contributed by atoms with Crippen molar-refractivity contribution in [3.63, 3.8) is 0 Å². The number of phenols is 1. The number of Topliss-reactive ketones (excluding diaryl/α,β-unsaturated/α-hetero) is 2. The van der Waals surface area contributed by atoms with E-state index in [2.05, 4.69) is 0 Å². The van der Waals surface area contributed by atoms with Crippen molar-refractivity contribution in [2.75, 3.05) is 28.2 Å². The van der Waals surface area contributed by atoms with Gasteiger partial charge in [0.2, 0.25) is 5.78 Å². The number of rotatable bonds is 4. The lowest BCUT2D eigenvalue weighted by Gasteiger charge is -2.50. The molecule has 3 aliphatic carbocycles. The van der Waals surface area contributed by atoms with Crippen LogP contribution in [0.5, 0.6) is 5.75 Å². The first-order valence-corrected chi connectivity index (χ1v) is 11.0. The maximum atomic E-state index is 13.6. The minimum atomic E-state index is -2.62. The van der Waals surface area contributed by atoms with Crippen LogP contribution >= 0.6 is 0 Å². The van der Waals surface area contributed by atoms with Crippen molar-refractivity contribution in [2.45, 2.75) is 31.0 Å². The molecule has 1 aromatic carbocycles. The summed E-state index contributed by atoms with van der Waals surface area (Å²) in [7, 11) is 6.82. The lowest BCUT2D eigenvalue weighted by molar-refractivity contribution is -0.148. The Kier molecular flexibility index (Phi) is 5.58. The number of nitrogens with two attached hydrogens (primary N) is 1. The largest absolute Gasteiger partial charge is 0.510 e. The summed E-state index contributed by atoms with van der Waals surface area (Å²) in [5.41, 5.74) is 2.88. The Balaban J connectivity index is 1.92. The van der Waals surface area contributed by atoms with E-state index >= 15 is 0 Å². The number of allylic oxidation sites excluding steroid dienone is 1. The number of primary amides is 1. The zero-order valence-corrected chi connectivity index (χ0v) is 19.5. The van der Waals surface area contributed by atoms with Crippen molar-refractivity contribution in [3.8, 4) is 5.75 Å². The van der Waals surface area contributed by atoms with Gasteiger partial charge in [-0.1, -0.05) is 12.1 Å². The van der Waals surface area contributed by atoms with Crippen molar-refractivity contribution in [1.82, 2.24) is 9.80 Å². The van der Waals surface area contributed by atoms with E-state index in [1.54, 1.807) is 26.2 Å². The number of ketones is 2. The fourth-order valence-corrected chi connectivity index (χ4v) is 5.74. The summed E-state index contributed by atoms with van der Waals surface area (Å²) in [5, 5.41) is 44.4. The predicted molar refractivity (Wildman–Crippen MR) is 121 cm³/mol. The molecule has 1 aromatic rings. The van der Waals surface area contributed by atoms with Gasteiger partial charge in [0.15, 0.2) is 11.4 Å². The molecule has 0 aliphatic heterocycles.